The number of esters is 1. The number of hydrogen-bond donors (Lipinski definition) is 3. The Morgan fingerprint density at radius 2 is 1.59 bits per heavy atom. The summed E-state index contributed by atoms with van der Waals surface area (Å²) < 4.78 is 4.97. The first kappa shape index (κ1) is 21.9. The average molecular weight is 375 g/mol. The number of imide groups is 1. The van der Waals surface area contributed by atoms with Crippen molar-refractivity contribution in [3.8, 4) is 0 Å². The lowest BCUT2D eigenvalue weighted by molar-refractivity contribution is -0.156. The van der Waals surface area contributed by atoms with Crippen LogP contribution in [0.4, 0.5) is 4.79 Å². The van der Waals surface area contributed by atoms with Crippen LogP contribution in [0.25, 0.3) is 6.08 Å². The smallest absolute Gasteiger partial charge is 0.329 e. The van der Waals surface area contributed by atoms with Gasteiger partial charge in [-0.15, -0.1) is 0 Å². The van der Waals surface area contributed by atoms with Crippen LogP contribution in [0, 0.1) is 0 Å². The molecule has 0 aliphatic carbocycles. The van der Waals surface area contributed by atoms with Gasteiger partial charge in [0.05, 0.1) is 0 Å². The van der Waals surface area contributed by atoms with E-state index in [9.17, 15) is 19.2 Å². The molecular formula is C19H25N3O5. The highest BCUT2D eigenvalue weighted by atomic mass is 16.5. The topological polar surface area (TPSA) is 114 Å². The molecule has 3 N–H and O–H groups in total. The quantitative estimate of drug-likeness (QED) is 0.492. The molecule has 0 aliphatic rings. The van der Waals surface area contributed by atoms with Gasteiger partial charge in [-0.3, -0.25) is 14.9 Å². The van der Waals surface area contributed by atoms with E-state index in [4.69, 9.17) is 4.74 Å². The Labute approximate surface area is 158 Å². The van der Waals surface area contributed by atoms with Crippen molar-refractivity contribution < 1.29 is 23.9 Å². The first-order valence-corrected chi connectivity index (χ1v) is 8.54. The van der Waals surface area contributed by atoms with E-state index < -0.39 is 36.0 Å². The average Bonchev–Trinajstić information content (AvgIpc) is 2.59. The molecule has 0 bridgehead atoms. The van der Waals surface area contributed by atoms with Gasteiger partial charge in [0.15, 0.2) is 6.10 Å². The zero-order chi connectivity index (χ0) is 20.4. The lowest BCUT2D eigenvalue weighted by atomic mass is 10.2. The summed E-state index contributed by atoms with van der Waals surface area (Å²) in [5, 5.41) is 7.00. The molecule has 0 saturated heterocycles. The third kappa shape index (κ3) is 8.66. The number of carbonyl (C=O) groups excluding carboxylic acids is 4. The second-order valence-electron chi connectivity index (χ2n) is 6.17. The number of ether oxygens (including phenoxy) is 1. The van der Waals surface area contributed by atoms with Gasteiger partial charge in [-0.25, -0.2) is 9.59 Å². The highest BCUT2D eigenvalue weighted by Gasteiger charge is 2.24. The molecular weight excluding hydrogens is 350 g/mol. The number of urea groups is 1. The number of hydrogen-bond acceptors (Lipinski definition) is 5. The fourth-order valence-corrected chi connectivity index (χ4v) is 1.90. The van der Waals surface area contributed by atoms with Crippen LogP contribution >= 0.6 is 0 Å². The summed E-state index contributed by atoms with van der Waals surface area (Å²) in [6, 6.07) is 7.42. The lowest BCUT2D eigenvalue weighted by Crippen LogP contribution is -2.48. The van der Waals surface area contributed by atoms with Crippen LogP contribution in [-0.2, 0) is 19.1 Å². The molecule has 0 radical (unpaired) electrons. The van der Waals surface area contributed by atoms with Crippen LogP contribution in [0.15, 0.2) is 36.4 Å². The first-order chi connectivity index (χ1) is 12.7. The summed E-state index contributed by atoms with van der Waals surface area (Å²) in [6.07, 6.45) is 1.72. The van der Waals surface area contributed by atoms with E-state index in [1.807, 2.05) is 30.3 Å². The molecule has 1 aromatic carbocycles. The summed E-state index contributed by atoms with van der Waals surface area (Å²) in [6.45, 7) is 6.25. The van der Waals surface area contributed by atoms with Gasteiger partial charge in [0.2, 0.25) is 5.91 Å². The summed E-state index contributed by atoms with van der Waals surface area (Å²) in [5.74, 6) is -2.02. The number of nitrogens with one attached hydrogen (secondary N) is 3. The zero-order valence-electron chi connectivity index (χ0n) is 15.8. The fraction of sp³-hybridized carbons (Fsp3) is 0.368. The van der Waals surface area contributed by atoms with Crippen molar-refractivity contribution in [1.82, 2.24) is 16.0 Å². The number of rotatable bonds is 7. The molecule has 0 aromatic heterocycles. The number of benzene rings is 1. The minimum atomic E-state index is -1.19. The molecule has 8 heteroatoms. The molecule has 4 amide bonds. The van der Waals surface area contributed by atoms with Gasteiger partial charge in [0.1, 0.15) is 6.04 Å². The van der Waals surface area contributed by atoms with Crippen molar-refractivity contribution in [1.29, 1.82) is 0 Å². The molecule has 8 nitrogen and oxygen atoms in total. The lowest BCUT2D eigenvalue weighted by Gasteiger charge is -2.17. The molecule has 1 rings (SSSR count). The highest BCUT2D eigenvalue weighted by molar-refractivity contribution is 5.98. The maximum atomic E-state index is 12.0. The van der Waals surface area contributed by atoms with Crippen molar-refractivity contribution >= 4 is 29.9 Å². The number of carbonyl (C=O) groups is 4. The van der Waals surface area contributed by atoms with Crippen LogP contribution in [0.2, 0.25) is 0 Å². The molecule has 2 atom stereocenters. The van der Waals surface area contributed by atoms with Gasteiger partial charge in [-0.2, -0.15) is 0 Å². The van der Waals surface area contributed by atoms with Crippen molar-refractivity contribution in [3.63, 3.8) is 0 Å². The summed E-state index contributed by atoms with van der Waals surface area (Å²) >= 11 is 0. The standard InChI is InChI=1S/C19H25N3O5/c1-12(2)20-19(26)22-17(24)14(4)27-18(25)13(3)21-16(23)11-10-15-8-6-5-7-9-15/h5-14H,1-4H3,(H,21,23)(H2,20,22,24,26)/b11-10+/t13-,14+/m0/s1. The Morgan fingerprint density at radius 1 is 0.963 bits per heavy atom. The first-order valence-electron chi connectivity index (χ1n) is 8.54. The third-order valence-electron chi connectivity index (χ3n) is 3.26. The van der Waals surface area contributed by atoms with Gasteiger partial charge in [0, 0.05) is 12.1 Å². The van der Waals surface area contributed by atoms with Crippen LogP contribution in [-0.4, -0.2) is 42.0 Å². The van der Waals surface area contributed by atoms with Crippen LogP contribution in [0.3, 0.4) is 0 Å². The van der Waals surface area contributed by atoms with E-state index in [1.165, 1.54) is 19.9 Å². The van der Waals surface area contributed by atoms with E-state index in [1.54, 1.807) is 19.9 Å². The van der Waals surface area contributed by atoms with Crippen LogP contribution < -0.4 is 16.0 Å². The fourth-order valence-electron chi connectivity index (χ4n) is 1.90. The van der Waals surface area contributed by atoms with E-state index in [0.29, 0.717) is 0 Å². The van der Waals surface area contributed by atoms with Gasteiger partial charge >= 0.3 is 12.0 Å². The predicted octanol–water partition coefficient (Wildman–Crippen LogP) is 1.37. The van der Waals surface area contributed by atoms with Crippen molar-refractivity contribution in [3.05, 3.63) is 42.0 Å². The minimum absolute atomic E-state index is 0.144. The zero-order valence-corrected chi connectivity index (χ0v) is 15.8. The largest absolute Gasteiger partial charge is 0.451 e. The van der Waals surface area contributed by atoms with Crippen molar-refractivity contribution in [2.45, 2.75) is 45.9 Å². The second kappa shape index (κ2) is 10.7. The number of amides is 4. The second-order valence-corrected chi connectivity index (χ2v) is 6.17. The van der Waals surface area contributed by atoms with Crippen LogP contribution in [0.1, 0.15) is 33.3 Å². The monoisotopic (exact) mass is 375 g/mol. The molecule has 0 saturated carbocycles. The molecule has 1 aromatic rings. The Hall–Kier alpha value is -3.16. The van der Waals surface area contributed by atoms with Gasteiger partial charge in [0.25, 0.3) is 5.91 Å². The Balaban J connectivity index is 2.46. The van der Waals surface area contributed by atoms with E-state index >= 15 is 0 Å². The van der Waals surface area contributed by atoms with Gasteiger partial charge < -0.3 is 15.4 Å². The minimum Gasteiger partial charge on any atom is -0.451 e. The van der Waals surface area contributed by atoms with E-state index in [-0.39, 0.29) is 6.04 Å². The summed E-state index contributed by atoms with van der Waals surface area (Å²) in [4.78, 5) is 47.2. The molecule has 27 heavy (non-hydrogen) atoms. The maximum Gasteiger partial charge on any atom is 0.329 e. The van der Waals surface area contributed by atoms with E-state index in [2.05, 4.69) is 16.0 Å². The SMILES string of the molecule is CC(C)NC(=O)NC(=O)[C@@H](C)OC(=O)[C@H](C)NC(=O)/C=C/c1ccccc1. The van der Waals surface area contributed by atoms with Crippen molar-refractivity contribution in [2.24, 2.45) is 0 Å². The Kier molecular flexibility index (Phi) is 8.71. The van der Waals surface area contributed by atoms with Gasteiger partial charge in [-0.05, 0) is 39.3 Å². The molecule has 0 fully saturated rings. The predicted molar refractivity (Wildman–Crippen MR) is 100 cm³/mol. The Bertz CT molecular complexity index is 701. The van der Waals surface area contributed by atoms with Crippen molar-refractivity contribution in [2.75, 3.05) is 0 Å². The highest BCUT2D eigenvalue weighted by Crippen LogP contribution is 2.01. The third-order valence-corrected chi connectivity index (χ3v) is 3.26. The van der Waals surface area contributed by atoms with E-state index in [0.717, 1.165) is 5.56 Å². The molecule has 0 unspecified atom stereocenters. The molecule has 0 spiro atoms. The summed E-state index contributed by atoms with van der Waals surface area (Å²) in [7, 11) is 0. The van der Waals surface area contributed by atoms with Crippen LogP contribution in [0.5, 0.6) is 0 Å². The van der Waals surface area contributed by atoms with Gasteiger partial charge in [-0.1, -0.05) is 30.3 Å². The molecule has 0 heterocycles. The maximum absolute atomic E-state index is 12.0. The molecule has 0 aliphatic heterocycles. The normalized spacial score (nSPS) is 12.9. The summed E-state index contributed by atoms with van der Waals surface area (Å²) in [5.41, 5.74) is 0.841. The Morgan fingerprint density at radius 3 is 2.19 bits per heavy atom. The molecule has 146 valence electrons.